The van der Waals surface area contributed by atoms with Gasteiger partial charge in [-0.05, 0) is 59.9 Å². The molecule has 0 unspecified atom stereocenters. The summed E-state index contributed by atoms with van der Waals surface area (Å²) in [6, 6.07) is 19.1. The first kappa shape index (κ1) is 26.3. The Morgan fingerprint density at radius 3 is 2.17 bits per heavy atom. The average molecular weight is 509 g/mol. The van der Waals surface area contributed by atoms with Crippen LogP contribution in [0.3, 0.4) is 0 Å². The maximum absolute atomic E-state index is 13.4. The van der Waals surface area contributed by atoms with Crippen LogP contribution in [0.1, 0.15) is 42.5 Å². The van der Waals surface area contributed by atoms with Crippen LogP contribution in [-0.4, -0.2) is 13.9 Å². The van der Waals surface area contributed by atoms with E-state index in [4.69, 9.17) is 4.74 Å². The molecule has 9 heteroatoms. The molecule has 35 heavy (non-hydrogen) atoms. The summed E-state index contributed by atoms with van der Waals surface area (Å²) in [7, 11) is -5.91. The molecule has 0 spiro atoms. The van der Waals surface area contributed by atoms with Gasteiger partial charge in [-0.25, -0.2) is 4.39 Å². The van der Waals surface area contributed by atoms with Crippen molar-refractivity contribution in [1.82, 2.24) is 0 Å². The zero-order chi connectivity index (χ0) is 25.6. The topological polar surface area (TPSA) is 52.6 Å². The number of hydrogen-bond donors (Lipinski definition) is 0. The summed E-state index contributed by atoms with van der Waals surface area (Å²) in [6.45, 7) is 4.29. The quantitative estimate of drug-likeness (QED) is 0.202. The maximum Gasteiger partial charge on any atom is 0.534 e. The van der Waals surface area contributed by atoms with Crippen LogP contribution in [0.2, 0.25) is 0 Å². The van der Waals surface area contributed by atoms with Gasteiger partial charge in [0.1, 0.15) is 18.2 Å². The highest BCUT2D eigenvalue weighted by atomic mass is 32.2. The third-order valence-electron chi connectivity index (χ3n) is 5.16. The molecule has 0 saturated carbocycles. The van der Waals surface area contributed by atoms with E-state index in [0.717, 1.165) is 17.7 Å². The van der Waals surface area contributed by atoms with Crippen LogP contribution in [0.5, 0.6) is 5.75 Å². The fourth-order valence-corrected chi connectivity index (χ4v) is 4.05. The van der Waals surface area contributed by atoms with E-state index >= 15 is 0 Å². The third-order valence-corrected chi connectivity index (χ3v) is 6.11. The molecular formula is C26H24F4O4S. The number of alkyl halides is 3. The molecule has 0 N–H and O–H groups in total. The van der Waals surface area contributed by atoms with Crippen LogP contribution in [-0.2, 0) is 27.3 Å². The number of fused-ring (bicyclic) bond motifs is 1. The lowest BCUT2D eigenvalue weighted by Crippen LogP contribution is -2.26. The van der Waals surface area contributed by atoms with E-state index in [-0.39, 0.29) is 17.6 Å². The molecule has 1 aliphatic carbocycles. The lowest BCUT2D eigenvalue weighted by Gasteiger charge is -2.24. The van der Waals surface area contributed by atoms with Gasteiger partial charge in [0.25, 0.3) is 0 Å². The van der Waals surface area contributed by atoms with Crippen LogP contribution in [0.15, 0.2) is 72.8 Å². The number of rotatable bonds is 6. The van der Waals surface area contributed by atoms with Gasteiger partial charge in [0, 0.05) is 11.1 Å². The van der Waals surface area contributed by atoms with Gasteiger partial charge < -0.3 is 8.92 Å². The zero-order valence-electron chi connectivity index (χ0n) is 19.1. The minimum Gasteiger partial charge on any atom is -0.489 e. The molecule has 4 rings (SSSR count). The van der Waals surface area contributed by atoms with Gasteiger partial charge in [-0.1, -0.05) is 56.3 Å². The van der Waals surface area contributed by atoms with Crippen molar-refractivity contribution in [3.8, 4) is 5.75 Å². The Morgan fingerprint density at radius 1 is 0.886 bits per heavy atom. The van der Waals surface area contributed by atoms with E-state index in [0.29, 0.717) is 29.9 Å². The SMILES string of the molecule is CC.O=S(=O)(OC1=C(c2ccc(F)cc2)CCc2cc(OCc3ccccc3)ccc21)C(F)(F)F. The van der Waals surface area contributed by atoms with E-state index < -0.39 is 27.2 Å². The number of ether oxygens (including phenoxy) is 1. The van der Waals surface area contributed by atoms with Crippen LogP contribution >= 0.6 is 0 Å². The molecule has 0 saturated heterocycles. The fourth-order valence-electron chi connectivity index (χ4n) is 3.54. The Morgan fingerprint density at radius 2 is 1.54 bits per heavy atom. The molecule has 0 aliphatic heterocycles. The van der Waals surface area contributed by atoms with Crippen LogP contribution in [0.4, 0.5) is 17.6 Å². The molecule has 3 aromatic rings. The summed E-state index contributed by atoms with van der Waals surface area (Å²) in [5.41, 5.74) is -3.25. The van der Waals surface area contributed by atoms with Gasteiger partial charge in [-0.2, -0.15) is 21.6 Å². The minimum atomic E-state index is -5.91. The largest absolute Gasteiger partial charge is 0.534 e. The van der Waals surface area contributed by atoms with Gasteiger partial charge >= 0.3 is 15.6 Å². The van der Waals surface area contributed by atoms with Crippen molar-refractivity contribution in [2.24, 2.45) is 0 Å². The summed E-state index contributed by atoms with van der Waals surface area (Å²) in [5, 5.41) is 0. The maximum atomic E-state index is 13.4. The molecule has 0 bridgehead atoms. The van der Waals surface area contributed by atoms with E-state index in [1.807, 2.05) is 44.2 Å². The molecular weight excluding hydrogens is 484 g/mol. The molecule has 0 radical (unpaired) electrons. The molecule has 0 atom stereocenters. The second kappa shape index (κ2) is 10.9. The van der Waals surface area contributed by atoms with Crippen molar-refractivity contribution in [2.75, 3.05) is 0 Å². The summed E-state index contributed by atoms with van der Waals surface area (Å²) in [5.74, 6) is -0.461. The fraction of sp³-hybridized carbons (Fsp3) is 0.231. The smallest absolute Gasteiger partial charge is 0.489 e. The molecule has 3 aromatic carbocycles. The van der Waals surface area contributed by atoms with Crippen LogP contribution in [0.25, 0.3) is 11.3 Å². The van der Waals surface area contributed by atoms with Crippen molar-refractivity contribution in [1.29, 1.82) is 0 Å². The van der Waals surface area contributed by atoms with Crippen molar-refractivity contribution in [3.63, 3.8) is 0 Å². The van der Waals surface area contributed by atoms with E-state index in [1.54, 1.807) is 12.1 Å². The van der Waals surface area contributed by atoms with Crippen molar-refractivity contribution < 1.29 is 34.9 Å². The first-order valence-corrected chi connectivity index (χ1v) is 12.3. The normalized spacial score (nSPS) is 13.4. The molecule has 0 amide bonds. The monoisotopic (exact) mass is 508 g/mol. The number of benzene rings is 3. The minimum absolute atomic E-state index is 0.198. The van der Waals surface area contributed by atoms with Crippen molar-refractivity contribution >= 4 is 21.5 Å². The van der Waals surface area contributed by atoms with Crippen LogP contribution in [0, 0.1) is 5.82 Å². The zero-order valence-corrected chi connectivity index (χ0v) is 19.9. The van der Waals surface area contributed by atoms with Crippen molar-refractivity contribution in [3.05, 3.63) is 101 Å². The molecule has 0 heterocycles. The van der Waals surface area contributed by atoms with Gasteiger partial charge in [0.15, 0.2) is 5.76 Å². The molecule has 186 valence electrons. The average Bonchev–Trinajstić information content (AvgIpc) is 2.84. The van der Waals surface area contributed by atoms with Gasteiger partial charge in [-0.3, -0.25) is 0 Å². The summed E-state index contributed by atoms with van der Waals surface area (Å²) in [6.07, 6.45) is 0.604. The van der Waals surface area contributed by atoms with E-state index in [2.05, 4.69) is 4.18 Å². The van der Waals surface area contributed by atoms with E-state index in [9.17, 15) is 26.0 Å². The second-order valence-electron chi connectivity index (χ2n) is 7.39. The van der Waals surface area contributed by atoms with Crippen LogP contribution < -0.4 is 4.74 Å². The first-order chi connectivity index (χ1) is 16.6. The van der Waals surface area contributed by atoms with Crippen molar-refractivity contribution in [2.45, 2.75) is 38.8 Å². The summed E-state index contributed by atoms with van der Waals surface area (Å²) < 4.78 is 86.6. The highest BCUT2D eigenvalue weighted by molar-refractivity contribution is 7.87. The van der Waals surface area contributed by atoms with Gasteiger partial charge in [0.2, 0.25) is 0 Å². The molecule has 4 nitrogen and oxygen atoms in total. The highest BCUT2D eigenvalue weighted by Gasteiger charge is 2.49. The number of aryl methyl sites for hydroxylation is 1. The predicted molar refractivity (Wildman–Crippen MR) is 126 cm³/mol. The number of allylic oxidation sites excluding steroid dienone is 1. The lowest BCUT2D eigenvalue weighted by atomic mass is 9.87. The lowest BCUT2D eigenvalue weighted by molar-refractivity contribution is -0.0509. The Labute approximate surface area is 201 Å². The molecule has 0 fully saturated rings. The Kier molecular flexibility index (Phi) is 8.22. The summed E-state index contributed by atoms with van der Waals surface area (Å²) >= 11 is 0. The Balaban J connectivity index is 0.00000167. The second-order valence-corrected chi connectivity index (χ2v) is 8.93. The van der Waals surface area contributed by atoms with E-state index in [1.165, 1.54) is 18.2 Å². The number of hydrogen-bond acceptors (Lipinski definition) is 4. The predicted octanol–water partition coefficient (Wildman–Crippen LogP) is 7.11. The Bertz CT molecular complexity index is 1280. The van der Waals surface area contributed by atoms with Gasteiger partial charge in [0.05, 0.1) is 0 Å². The standard InChI is InChI=1S/C24H18F4O4S.C2H6/c25-19-9-6-17(7-10-19)21-12-8-18-14-20(31-15-16-4-2-1-3-5-16)11-13-22(18)23(21)32-33(29,30)24(26,27)28;1-2/h1-7,9-11,13-14H,8,12,15H2;1-2H3. The highest BCUT2D eigenvalue weighted by Crippen LogP contribution is 2.41. The third kappa shape index (κ3) is 6.22. The molecule has 1 aliphatic rings. The number of halogens is 4. The Hall–Kier alpha value is -3.33. The molecule has 0 aromatic heterocycles. The first-order valence-electron chi connectivity index (χ1n) is 10.9. The summed E-state index contributed by atoms with van der Waals surface area (Å²) in [4.78, 5) is 0. The van der Waals surface area contributed by atoms with Gasteiger partial charge in [-0.15, -0.1) is 0 Å².